The predicted molar refractivity (Wildman–Crippen MR) is 75.9 cm³/mol. The minimum Gasteiger partial charge on any atom is -0.495 e. The quantitative estimate of drug-likeness (QED) is 0.678. The third kappa shape index (κ3) is 5.58. The molecule has 0 amide bonds. The van der Waals surface area contributed by atoms with Gasteiger partial charge in [-0.25, -0.2) is 0 Å². The van der Waals surface area contributed by atoms with E-state index in [2.05, 4.69) is 10.6 Å². The number of ether oxygens (including phenoxy) is 2. The summed E-state index contributed by atoms with van der Waals surface area (Å²) >= 11 is 6.03. The highest BCUT2D eigenvalue weighted by molar-refractivity contribution is 6.32. The number of benzene rings is 1. The molecule has 5 heteroatoms. The minimum atomic E-state index is 0.621. The maximum Gasteiger partial charge on any atom is 0.137 e. The number of rotatable bonds is 9. The first kappa shape index (κ1) is 15.1. The van der Waals surface area contributed by atoms with E-state index in [1.807, 2.05) is 18.2 Å². The summed E-state index contributed by atoms with van der Waals surface area (Å²) in [6.45, 7) is 3.54. The SMILES string of the molecule is COCCCNCCNc1ccc(OC)c(Cl)c1. The van der Waals surface area contributed by atoms with Gasteiger partial charge in [0.25, 0.3) is 0 Å². The molecule has 1 rings (SSSR count). The Hall–Kier alpha value is -0.970. The minimum absolute atomic E-state index is 0.621. The molecule has 0 aliphatic rings. The Morgan fingerprint density at radius 1 is 1.17 bits per heavy atom. The molecule has 1 aromatic rings. The normalized spacial score (nSPS) is 10.4. The first-order chi connectivity index (χ1) is 8.77. The van der Waals surface area contributed by atoms with Crippen LogP contribution in [0.4, 0.5) is 5.69 Å². The van der Waals surface area contributed by atoms with Crippen molar-refractivity contribution in [2.24, 2.45) is 0 Å². The topological polar surface area (TPSA) is 42.5 Å². The van der Waals surface area contributed by atoms with Crippen molar-refractivity contribution in [3.63, 3.8) is 0 Å². The van der Waals surface area contributed by atoms with Crippen molar-refractivity contribution in [2.75, 3.05) is 45.8 Å². The smallest absolute Gasteiger partial charge is 0.137 e. The van der Waals surface area contributed by atoms with Crippen molar-refractivity contribution in [2.45, 2.75) is 6.42 Å². The third-order valence-electron chi connectivity index (χ3n) is 2.48. The van der Waals surface area contributed by atoms with Gasteiger partial charge >= 0.3 is 0 Å². The van der Waals surface area contributed by atoms with Crippen LogP contribution >= 0.6 is 11.6 Å². The van der Waals surface area contributed by atoms with Crippen LogP contribution in [0, 0.1) is 0 Å². The molecule has 4 nitrogen and oxygen atoms in total. The Kier molecular flexibility index (Phi) is 7.57. The molecule has 0 aliphatic heterocycles. The van der Waals surface area contributed by atoms with Gasteiger partial charge in [0.05, 0.1) is 12.1 Å². The van der Waals surface area contributed by atoms with Gasteiger partial charge in [-0.3, -0.25) is 0 Å². The second-order valence-corrected chi connectivity index (χ2v) is 4.28. The molecule has 0 saturated heterocycles. The number of anilines is 1. The first-order valence-electron chi connectivity index (χ1n) is 6.05. The maximum atomic E-state index is 6.03. The van der Waals surface area contributed by atoms with Crippen LogP contribution in [0.1, 0.15) is 6.42 Å². The van der Waals surface area contributed by atoms with E-state index in [0.29, 0.717) is 10.8 Å². The number of methoxy groups -OCH3 is 2. The summed E-state index contributed by atoms with van der Waals surface area (Å²) in [4.78, 5) is 0. The number of hydrogen-bond acceptors (Lipinski definition) is 4. The Morgan fingerprint density at radius 3 is 2.67 bits per heavy atom. The standard InChI is InChI=1S/C13H21ClN2O2/c1-17-9-3-6-15-7-8-16-11-4-5-13(18-2)12(14)10-11/h4-5,10,15-16H,3,6-9H2,1-2H3. The predicted octanol–water partition coefficient (Wildman–Crippen LogP) is 2.39. The summed E-state index contributed by atoms with van der Waals surface area (Å²) in [7, 11) is 3.33. The zero-order valence-electron chi connectivity index (χ0n) is 11.0. The fraction of sp³-hybridized carbons (Fsp3) is 0.538. The molecular weight excluding hydrogens is 252 g/mol. The monoisotopic (exact) mass is 272 g/mol. The summed E-state index contributed by atoms with van der Waals surface area (Å²) in [5, 5.41) is 7.24. The molecule has 0 aliphatic carbocycles. The molecule has 2 N–H and O–H groups in total. The zero-order chi connectivity index (χ0) is 13.2. The molecule has 102 valence electrons. The van der Waals surface area contributed by atoms with E-state index in [9.17, 15) is 0 Å². The summed E-state index contributed by atoms with van der Waals surface area (Å²) in [6, 6.07) is 5.68. The molecule has 1 aromatic carbocycles. The van der Waals surface area contributed by atoms with Crippen molar-refractivity contribution >= 4 is 17.3 Å². The van der Waals surface area contributed by atoms with Gasteiger partial charge < -0.3 is 20.1 Å². The fourth-order valence-corrected chi connectivity index (χ4v) is 1.80. The van der Waals surface area contributed by atoms with Gasteiger partial charge in [0.2, 0.25) is 0 Å². The van der Waals surface area contributed by atoms with Crippen LogP contribution in [-0.2, 0) is 4.74 Å². The van der Waals surface area contributed by atoms with E-state index in [1.165, 1.54) is 0 Å². The van der Waals surface area contributed by atoms with Crippen molar-refractivity contribution in [3.8, 4) is 5.75 Å². The van der Waals surface area contributed by atoms with E-state index < -0.39 is 0 Å². The molecule has 0 atom stereocenters. The summed E-state index contributed by atoms with van der Waals surface area (Å²) in [5.41, 5.74) is 1.000. The van der Waals surface area contributed by atoms with Crippen molar-refractivity contribution in [3.05, 3.63) is 23.2 Å². The molecule has 0 unspecified atom stereocenters. The lowest BCUT2D eigenvalue weighted by molar-refractivity contribution is 0.194. The first-order valence-corrected chi connectivity index (χ1v) is 6.42. The average Bonchev–Trinajstić information content (AvgIpc) is 2.38. The molecule has 0 aromatic heterocycles. The molecule has 0 heterocycles. The molecule has 0 saturated carbocycles. The largest absolute Gasteiger partial charge is 0.495 e. The molecule has 0 fully saturated rings. The Bertz CT molecular complexity index is 348. The summed E-state index contributed by atoms with van der Waals surface area (Å²) < 4.78 is 10.1. The van der Waals surface area contributed by atoms with Crippen LogP contribution in [0.15, 0.2) is 18.2 Å². The Balaban J connectivity index is 2.17. The molecule has 18 heavy (non-hydrogen) atoms. The lowest BCUT2D eigenvalue weighted by Crippen LogP contribution is -2.23. The van der Waals surface area contributed by atoms with Crippen molar-refractivity contribution in [1.29, 1.82) is 0 Å². The fourth-order valence-electron chi connectivity index (χ4n) is 1.54. The van der Waals surface area contributed by atoms with Crippen LogP contribution in [0.5, 0.6) is 5.75 Å². The third-order valence-corrected chi connectivity index (χ3v) is 2.78. The maximum absolute atomic E-state index is 6.03. The average molecular weight is 273 g/mol. The van der Waals surface area contributed by atoms with Crippen LogP contribution in [0.2, 0.25) is 5.02 Å². The highest BCUT2D eigenvalue weighted by Gasteiger charge is 2.00. The number of nitrogens with one attached hydrogen (secondary N) is 2. The Labute approximate surface area is 114 Å². The van der Waals surface area contributed by atoms with Gasteiger partial charge in [-0.15, -0.1) is 0 Å². The van der Waals surface area contributed by atoms with E-state index in [0.717, 1.165) is 38.3 Å². The van der Waals surface area contributed by atoms with Gasteiger partial charge in [-0.1, -0.05) is 11.6 Å². The number of halogens is 1. The van der Waals surface area contributed by atoms with Crippen LogP contribution in [0.25, 0.3) is 0 Å². The van der Waals surface area contributed by atoms with Crippen molar-refractivity contribution in [1.82, 2.24) is 5.32 Å². The van der Waals surface area contributed by atoms with Gasteiger partial charge in [0, 0.05) is 32.5 Å². The van der Waals surface area contributed by atoms with E-state index in [4.69, 9.17) is 21.1 Å². The van der Waals surface area contributed by atoms with Gasteiger partial charge in [-0.2, -0.15) is 0 Å². The van der Waals surface area contributed by atoms with Gasteiger partial charge in [0.1, 0.15) is 5.75 Å². The molecule has 0 spiro atoms. The molecule has 0 bridgehead atoms. The summed E-state index contributed by atoms with van der Waals surface area (Å²) in [5.74, 6) is 0.694. The van der Waals surface area contributed by atoms with E-state index in [1.54, 1.807) is 14.2 Å². The highest BCUT2D eigenvalue weighted by atomic mass is 35.5. The van der Waals surface area contributed by atoms with Crippen molar-refractivity contribution < 1.29 is 9.47 Å². The highest BCUT2D eigenvalue weighted by Crippen LogP contribution is 2.26. The second kappa shape index (κ2) is 9.03. The summed E-state index contributed by atoms with van der Waals surface area (Å²) in [6.07, 6.45) is 1.03. The number of hydrogen-bond donors (Lipinski definition) is 2. The van der Waals surface area contributed by atoms with Crippen LogP contribution in [-0.4, -0.2) is 40.5 Å². The zero-order valence-corrected chi connectivity index (χ0v) is 11.7. The second-order valence-electron chi connectivity index (χ2n) is 3.87. The molecule has 0 radical (unpaired) electrons. The molecular formula is C13H21ClN2O2. The lowest BCUT2D eigenvalue weighted by Gasteiger charge is -2.09. The van der Waals surface area contributed by atoms with Gasteiger partial charge in [0.15, 0.2) is 0 Å². The van der Waals surface area contributed by atoms with Gasteiger partial charge in [-0.05, 0) is 31.2 Å². The Morgan fingerprint density at radius 2 is 2.00 bits per heavy atom. The lowest BCUT2D eigenvalue weighted by atomic mass is 10.3. The van der Waals surface area contributed by atoms with E-state index in [-0.39, 0.29) is 0 Å². The van der Waals surface area contributed by atoms with E-state index >= 15 is 0 Å². The van der Waals surface area contributed by atoms with Crippen LogP contribution in [0.3, 0.4) is 0 Å². The van der Waals surface area contributed by atoms with Crippen LogP contribution < -0.4 is 15.4 Å².